The number of hydrogen-bond donors (Lipinski definition) is 0. The van der Waals surface area contributed by atoms with Crippen LogP contribution in [0.25, 0.3) is 0 Å². The maximum Gasteiger partial charge on any atom is 0.305 e. The zero-order chi connectivity index (χ0) is 10.2. The Kier molecular flexibility index (Phi) is 5.45. The second-order valence-electron chi connectivity index (χ2n) is 3.09. The summed E-state index contributed by atoms with van der Waals surface area (Å²) in [6.45, 7) is 2.33. The zero-order valence-electron chi connectivity index (χ0n) is 8.49. The Morgan fingerprint density at radius 3 is 3.00 bits per heavy atom. The Morgan fingerprint density at radius 2 is 2.36 bits per heavy atom. The lowest BCUT2D eigenvalue weighted by Gasteiger charge is -1.99. The molecule has 2 nitrogen and oxygen atoms in total. The standard InChI is InChI=1S/C11H16O2S/c1-2-13-11(12)8-6-4-3-5-7-10-9-14-10/h5,7,9H,2-4,6,8H2,1H3/b7-5+. The molecule has 78 valence electrons. The lowest BCUT2D eigenvalue weighted by Crippen LogP contribution is -2.02. The molecule has 0 unspecified atom stereocenters. The van der Waals surface area contributed by atoms with Crippen LogP contribution in [0.5, 0.6) is 0 Å². The topological polar surface area (TPSA) is 26.3 Å². The van der Waals surface area contributed by atoms with Gasteiger partial charge in [-0.2, -0.15) is 0 Å². The van der Waals surface area contributed by atoms with E-state index in [9.17, 15) is 4.79 Å². The van der Waals surface area contributed by atoms with E-state index in [0.717, 1.165) is 19.3 Å². The molecule has 1 aliphatic heterocycles. The number of rotatable bonds is 7. The lowest BCUT2D eigenvalue weighted by atomic mass is 10.2. The number of hydrogen-bond acceptors (Lipinski definition) is 3. The van der Waals surface area contributed by atoms with Crippen LogP contribution in [0.3, 0.4) is 0 Å². The van der Waals surface area contributed by atoms with Gasteiger partial charge in [0.25, 0.3) is 0 Å². The van der Waals surface area contributed by atoms with E-state index in [2.05, 4.69) is 17.6 Å². The van der Waals surface area contributed by atoms with Gasteiger partial charge in [0, 0.05) is 11.3 Å². The molecular weight excluding hydrogens is 196 g/mol. The molecular formula is C11H16O2S. The van der Waals surface area contributed by atoms with Crippen LogP contribution in [-0.2, 0) is 9.53 Å². The van der Waals surface area contributed by atoms with Crippen LogP contribution in [0, 0.1) is 0 Å². The van der Waals surface area contributed by atoms with Gasteiger partial charge < -0.3 is 4.74 Å². The summed E-state index contributed by atoms with van der Waals surface area (Å²) in [5.41, 5.74) is 0. The lowest BCUT2D eigenvalue weighted by molar-refractivity contribution is -0.143. The molecule has 0 aromatic heterocycles. The minimum absolute atomic E-state index is 0.0723. The maximum atomic E-state index is 10.9. The van der Waals surface area contributed by atoms with Crippen molar-refractivity contribution in [3.8, 4) is 0 Å². The van der Waals surface area contributed by atoms with Crippen molar-refractivity contribution >= 4 is 17.7 Å². The molecule has 0 N–H and O–H groups in total. The van der Waals surface area contributed by atoms with Crippen LogP contribution in [0.2, 0.25) is 0 Å². The van der Waals surface area contributed by atoms with E-state index >= 15 is 0 Å². The van der Waals surface area contributed by atoms with E-state index in [1.165, 1.54) is 4.91 Å². The molecule has 0 fully saturated rings. The van der Waals surface area contributed by atoms with Crippen LogP contribution < -0.4 is 0 Å². The van der Waals surface area contributed by atoms with E-state index < -0.39 is 0 Å². The van der Waals surface area contributed by atoms with E-state index in [-0.39, 0.29) is 5.97 Å². The monoisotopic (exact) mass is 212 g/mol. The molecule has 14 heavy (non-hydrogen) atoms. The summed E-state index contributed by atoms with van der Waals surface area (Å²) in [6, 6.07) is 0. The van der Waals surface area contributed by atoms with Crippen LogP contribution >= 0.6 is 11.8 Å². The van der Waals surface area contributed by atoms with E-state index in [1.54, 1.807) is 11.8 Å². The van der Waals surface area contributed by atoms with Crippen LogP contribution in [0.4, 0.5) is 0 Å². The van der Waals surface area contributed by atoms with Crippen molar-refractivity contribution in [1.82, 2.24) is 0 Å². The van der Waals surface area contributed by atoms with Gasteiger partial charge in [-0.1, -0.05) is 23.9 Å². The highest BCUT2D eigenvalue weighted by Gasteiger charge is 2.02. The van der Waals surface area contributed by atoms with Gasteiger partial charge in [0.2, 0.25) is 0 Å². The van der Waals surface area contributed by atoms with E-state index in [0.29, 0.717) is 13.0 Å². The largest absolute Gasteiger partial charge is 0.466 e. The Bertz CT molecular complexity index is 244. The Labute approximate surface area is 89.4 Å². The average molecular weight is 212 g/mol. The molecule has 0 bridgehead atoms. The molecule has 0 saturated heterocycles. The number of esters is 1. The summed E-state index contributed by atoms with van der Waals surface area (Å²) in [5, 5.41) is 2.12. The fourth-order valence-electron chi connectivity index (χ4n) is 1.08. The summed E-state index contributed by atoms with van der Waals surface area (Å²) in [5.74, 6) is -0.0723. The van der Waals surface area contributed by atoms with Gasteiger partial charge >= 0.3 is 5.97 Å². The molecule has 1 aliphatic rings. The molecule has 1 heterocycles. The van der Waals surface area contributed by atoms with Gasteiger partial charge in [-0.15, -0.1) is 0 Å². The van der Waals surface area contributed by atoms with Crippen molar-refractivity contribution in [3.63, 3.8) is 0 Å². The smallest absolute Gasteiger partial charge is 0.305 e. The van der Waals surface area contributed by atoms with Gasteiger partial charge in [0.1, 0.15) is 0 Å². The third-order valence-electron chi connectivity index (χ3n) is 1.84. The summed E-state index contributed by atoms with van der Waals surface area (Å²) < 4.78 is 4.83. The third kappa shape index (κ3) is 5.86. The van der Waals surface area contributed by atoms with Gasteiger partial charge in [-0.05, 0) is 31.6 Å². The fraction of sp³-hybridized carbons (Fsp3) is 0.545. The normalized spacial score (nSPS) is 14.2. The highest BCUT2D eigenvalue weighted by molar-refractivity contribution is 8.12. The highest BCUT2D eigenvalue weighted by Crippen LogP contribution is 2.34. The molecule has 0 aromatic carbocycles. The summed E-state index contributed by atoms with van der Waals surface area (Å²) in [6.07, 6.45) is 7.89. The first-order chi connectivity index (χ1) is 6.83. The molecule has 3 heteroatoms. The van der Waals surface area contributed by atoms with Crippen molar-refractivity contribution < 1.29 is 9.53 Å². The van der Waals surface area contributed by atoms with Crippen LogP contribution in [0.15, 0.2) is 22.5 Å². The predicted molar refractivity (Wildman–Crippen MR) is 59.9 cm³/mol. The minimum Gasteiger partial charge on any atom is -0.466 e. The Balaban J connectivity index is 1.88. The SMILES string of the molecule is CCOC(=O)CCCC/C=C/C1=CS1. The molecule has 0 aromatic rings. The number of carbonyl (C=O) groups is 1. The number of carbonyl (C=O) groups excluding carboxylic acids is 1. The van der Waals surface area contributed by atoms with Crippen molar-refractivity contribution in [2.24, 2.45) is 0 Å². The number of ether oxygens (including phenoxy) is 1. The van der Waals surface area contributed by atoms with Crippen LogP contribution in [0.1, 0.15) is 32.6 Å². The summed E-state index contributed by atoms with van der Waals surface area (Å²) in [7, 11) is 0. The molecule has 1 rings (SSSR count). The Morgan fingerprint density at radius 1 is 1.57 bits per heavy atom. The van der Waals surface area contributed by atoms with Gasteiger partial charge in [-0.3, -0.25) is 4.79 Å². The van der Waals surface area contributed by atoms with Crippen LogP contribution in [-0.4, -0.2) is 12.6 Å². The average Bonchev–Trinajstić information content (AvgIpc) is 2.95. The second-order valence-corrected chi connectivity index (χ2v) is 4.03. The first kappa shape index (κ1) is 11.4. The van der Waals surface area contributed by atoms with Gasteiger partial charge in [0.15, 0.2) is 0 Å². The Hall–Kier alpha value is -0.700. The van der Waals surface area contributed by atoms with Crippen molar-refractivity contribution in [3.05, 3.63) is 22.5 Å². The first-order valence-electron chi connectivity index (χ1n) is 5.02. The van der Waals surface area contributed by atoms with E-state index in [4.69, 9.17) is 4.74 Å². The quantitative estimate of drug-likeness (QED) is 0.478. The first-order valence-corrected chi connectivity index (χ1v) is 5.90. The fourth-order valence-corrected chi connectivity index (χ4v) is 1.40. The zero-order valence-corrected chi connectivity index (χ0v) is 9.31. The second kappa shape index (κ2) is 6.71. The molecule has 0 radical (unpaired) electrons. The molecule has 0 saturated carbocycles. The number of allylic oxidation sites excluding steroid dienone is 2. The highest BCUT2D eigenvalue weighted by atomic mass is 32.2. The number of thioether (sulfide) groups is 1. The predicted octanol–water partition coefficient (Wildman–Crippen LogP) is 3.25. The molecule has 0 amide bonds. The third-order valence-corrected chi connectivity index (χ3v) is 2.49. The van der Waals surface area contributed by atoms with E-state index in [1.807, 2.05) is 6.92 Å². The molecule has 0 spiro atoms. The summed E-state index contributed by atoms with van der Waals surface area (Å²) >= 11 is 1.77. The van der Waals surface area contributed by atoms with Crippen molar-refractivity contribution in [2.45, 2.75) is 32.6 Å². The van der Waals surface area contributed by atoms with Gasteiger partial charge in [0.05, 0.1) is 6.61 Å². The molecule has 0 aliphatic carbocycles. The minimum atomic E-state index is -0.0723. The summed E-state index contributed by atoms with van der Waals surface area (Å²) in [4.78, 5) is 12.3. The molecule has 0 atom stereocenters. The number of unbranched alkanes of at least 4 members (excludes halogenated alkanes) is 2. The van der Waals surface area contributed by atoms with Crippen molar-refractivity contribution in [2.75, 3.05) is 6.61 Å². The van der Waals surface area contributed by atoms with Crippen molar-refractivity contribution in [1.29, 1.82) is 0 Å². The van der Waals surface area contributed by atoms with Gasteiger partial charge in [-0.25, -0.2) is 0 Å². The maximum absolute atomic E-state index is 10.9.